The average molecular weight is 415 g/mol. The SMILES string of the molecule is O=C(NC1CC1)c1ccc(NC(=O)c2cn(-c3ccccc3C(F)(F)F)nn2)cc1. The molecule has 0 saturated heterocycles. The topological polar surface area (TPSA) is 88.9 Å². The lowest BCUT2D eigenvalue weighted by Crippen LogP contribution is -2.25. The molecule has 1 aliphatic carbocycles. The first kappa shape index (κ1) is 19.6. The van der Waals surface area contributed by atoms with Crippen molar-refractivity contribution in [3.05, 3.63) is 71.5 Å². The number of benzene rings is 2. The monoisotopic (exact) mass is 415 g/mol. The third-order valence-corrected chi connectivity index (χ3v) is 4.50. The van der Waals surface area contributed by atoms with Crippen molar-refractivity contribution in [2.24, 2.45) is 0 Å². The molecule has 2 amide bonds. The molecule has 1 aromatic heterocycles. The van der Waals surface area contributed by atoms with E-state index in [0.717, 1.165) is 29.8 Å². The molecule has 0 atom stereocenters. The van der Waals surface area contributed by atoms with Crippen LogP contribution in [0.4, 0.5) is 18.9 Å². The molecule has 3 aromatic rings. The third-order valence-electron chi connectivity index (χ3n) is 4.50. The van der Waals surface area contributed by atoms with Crippen molar-refractivity contribution in [2.75, 3.05) is 5.32 Å². The zero-order chi connectivity index (χ0) is 21.3. The van der Waals surface area contributed by atoms with Gasteiger partial charge in [-0.3, -0.25) is 9.59 Å². The number of nitrogens with one attached hydrogen (secondary N) is 2. The molecule has 7 nitrogen and oxygen atoms in total. The molecule has 0 bridgehead atoms. The minimum atomic E-state index is -4.57. The summed E-state index contributed by atoms with van der Waals surface area (Å²) in [6, 6.07) is 11.4. The molecule has 0 unspecified atom stereocenters. The van der Waals surface area contributed by atoms with Gasteiger partial charge in [0.25, 0.3) is 11.8 Å². The third kappa shape index (κ3) is 4.32. The van der Waals surface area contributed by atoms with E-state index in [0.29, 0.717) is 11.3 Å². The van der Waals surface area contributed by atoms with Crippen molar-refractivity contribution in [2.45, 2.75) is 25.1 Å². The van der Waals surface area contributed by atoms with E-state index < -0.39 is 17.6 Å². The molecule has 154 valence electrons. The van der Waals surface area contributed by atoms with Crippen LogP contribution in [0.5, 0.6) is 0 Å². The Balaban J connectivity index is 1.47. The molecule has 1 saturated carbocycles. The van der Waals surface area contributed by atoms with Gasteiger partial charge < -0.3 is 10.6 Å². The van der Waals surface area contributed by atoms with E-state index in [4.69, 9.17) is 0 Å². The summed E-state index contributed by atoms with van der Waals surface area (Å²) in [5.74, 6) is -0.817. The van der Waals surface area contributed by atoms with Crippen LogP contribution in [0.1, 0.15) is 39.3 Å². The zero-order valence-electron chi connectivity index (χ0n) is 15.5. The van der Waals surface area contributed by atoms with Crippen molar-refractivity contribution in [1.29, 1.82) is 0 Å². The lowest BCUT2D eigenvalue weighted by Gasteiger charge is -2.11. The van der Waals surface area contributed by atoms with Gasteiger partial charge in [-0.15, -0.1) is 5.10 Å². The zero-order valence-corrected chi connectivity index (χ0v) is 15.5. The Labute approximate surface area is 168 Å². The van der Waals surface area contributed by atoms with Gasteiger partial charge in [0.05, 0.1) is 17.4 Å². The number of carbonyl (C=O) groups is 2. The van der Waals surface area contributed by atoms with Crippen LogP contribution in [0, 0.1) is 0 Å². The van der Waals surface area contributed by atoms with Crippen LogP contribution in [0.15, 0.2) is 54.7 Å². The van der Waals surface area contributed by atoms with Crippen LogP contribution in [0.3, 0.4) is 0 Å². The van der Waals surface area contributed by atoms with Gasteiger partial charge in [0, 0.05) is 17.3 Å². The summed E-state index contributed by atoms with van der Waals surface area (Å²) in [7, 11) is 0. The van der Waals surface area contributed by atoms with Crippen molar-refractivity contribution in [1.82, 2.24) is 20.3 Å². The normalized spacial score (nSPS) is 13.7. The molecule has 0 radical (unpaired) electrons. The number of alkyl halides is 3. The maximum atomic E-state index is 13.2. The fraction of sp³-hybridized carbons (Fsp3) is 0.200. The molecular weight excluding hydrogens is 399 g/mol. The van der Waals surface area contributed by atoms with Gasteiger partial charge in [-0.25, -0.2) is 4.68 Å². The van der Waals surface area contributed by atoms with Gasteiger partial charge >= 0.3 is 6.18 Å². The Bertz CT molecular complexity index is 1090. The second-order valence-corrected chi connectivity index (χ2v) is 6.84. The first-order valence-electron chi connectivity index (χ1n) is 9.12. The number of aromatic nitrogens is 3. The van der Waals surface area contributed by atoms with Crippen molar-refractivity contribution >= 4 is 17.5 Å². The number of anilines is 1. The number of amides is 2. The molecule has 2 N–H and O–H groups in total. The number of para-hydroxylation sites is 1. The number of rotatable bonds is 5. The van der Waals surface area contributed by atoms with E-state index in [1.54, 1.807) is 24.3 Å². The number of carbonyl (C=O) groups excluding carboxylic acids is 2. The van der Waals surface area contributed by atoms with Crippen LogP contribution in [0.2, 0.25) is 0 Å². The fourth-order valence-corrected chi connectivity index (χ4v) is 2.80. The Kier molecular flexibility index (Phi) is 4.98. The highest BCUT2D eigenvalue weighted by Crippen LogP contribution is 2.33. The molecule has 10 heteroatoms. The lowest BCUT2D eigenvalue weighted by atomic mass is 10.1. The average Bonchev–Trinajstić information content (AvgIpc) is 3.39. The predicted molar refractivity (Wildman–Crippen MR) is 101 cm³/mol. The minimum absolute atomic E-state index is 0.150. The lowest BCUT2D eigenvalue weighted by molar-refractivity contribution is -0.137. The molecule has 0 aliphatic heterocycles. The summed E-state index contributed by atoms with van der Waals surface area (Å²) in [5, 5.41) is 12.8. The molecule has 1 fully saturated rings. The van der Waals surface area contributed by atoms with E-state index in [2.05, 4.69) is 20.9 Å². The van der Waals surface area contributed by atoms with Gasteiger partial charge in [-0.1, -0.05) is 17.3 Å². The van der Waals surface area contributed by atoms with Crippen molar-refractivity contribution < 1.29 is 22.8 Å². The fourth-order valence-electron chi connectivity index (χ4n) is 2.80. The van der Waals surface area contributed by atoms with E-state index in [1.807, 2.05) is 0 Å². The van der Waals surface area contributed by atoms with Crippen LogP contribution in [-0.4, -0.2) is 32.9 Å². The standard InChI is InChI=1S/C20H16F3N5O2/c21-20(22,23)15-3-1-2-4-17(15)28-11-16(26-27-28)19(30)25-13-7-5-12(6-8-13)18(29)24-14-9-10-14/h1-8,11,14H,9-10H2,(H,24,29)(H,25,30). The Morgan fingerprint density at radius 2 is 1.70 bits per heavy atom. The van der Waals surface area contributed by atoms with Gasteiger partial charge in [-0.05, 0) is 49.2 Å². The first-order chi connectivity index (χ1) is 14.3. The number of hydrogen-bond acceptors (Lipinski definition) is 4. The first-order valence-corrected chi connectivity index (χ1v) is 9.12. The van der Waals surface area contributed by atoms with Crippen LogP contribution < -0.4 is 10.6 Å². The molecule has 1 aliphatic rings. The Morgan fingerprint density at radius 1 is 1.00 bits per heavy atom. The largest absolute Gasteiger partial charge is 0.418 e. The summed E-state index contributed by atoms with van der Waals surface area (Å²) >= 11 is 0. The highest BCUT2D eigenvalue weighted by molar-refractivity contribution is 6.03. The molecule has 30 heavy (non-hydrogen) atoms. The number of nitrogens with zero attached hydrogens (tertiary/aromatic N) is 3. The van der Waals surface area contributed by atoms with Crippen molar-refractivity contribution in [3.63, 3.8) is 0 Å². The maximum absolute atomic E-state index is 13.2. The quantitative estimate of drug-likeness (QED) is 0.668. The van der Waals surface area contributed by atoms with Crippen LogP contribution in [-0.2, 0) is 6.18 Å². The van der Waals surface area contributed by atoms with E-state index in [-0.39, 0.29) is 23.3 Å². The van der Waals surface area contributed by atoms with Gasteiger partial charge in [0.2, 0.25) is 0 Å². The highest BCUT2D eigenvalue weighted by atomic mass is 19.4. The van der Waals surface area contributed by atoms with E-state index in [9.17, 15) is 22.8 Å². The van der Waals surface area contributed by atoms with Gasteiger partial charge in [0.15, 0.2) is 5.69 Å². The highest BCUT2D eigenvalue weighted by Gasteiger charge is 2.34. The Morgan fingerprint density at radius 3 is 2.37 bits per heavy atom. The van der Waals surface area contributed by atoms with Gasteiger partial charge in [0.1, 0.15) is 0 Å². The summed E-state index contributed by atoms with van der Waals surface area (Å²) in [6.45, 7) is 0. The summed E-state index contributed by atoms with van der Waals surface area (Å²) in [6.07, 6.45) is -1.49. The minimum Gasteiger partial charge on any atom is -0.349 e. The summed E-state index contributed by atoms with van der Waals surface area (Å²) in [5.41, 5.74) is -0.394. The van der Waals surface area contributed by atoms with Gasteiger partial charge in [-0.2, -0.15) is 13.2 Å². The van der Waals surface area contributed by atoms with E-state index in [1.165, 1.54) is 18.2 Å². The Hall–Kier alpha value is -3.69. The maximum Gasteiger partial charge on any atom is 0.418 e. The predicted octanol–water partition coefficient (Wildman–Crippen LogP) is 3.43. The molecule has 1 heterocycles. The summed E-state index contributed by atoms with van der Waals surface area (Å²) < 4.78 is 40.4. The number of halogens is 3. The smallest absolute Gasteiger partial charge is 0.349 e. The second kappa shape index (κ2) is 7.62. The van der Waals surface area contributed by atoms with Crippen LogP contribution in [0.25, 0.3) is 5.69 Å². The van der Waals surface area contributed by atoms with E-state index >= 15 is 0 Å². The second-order valence-electron chi connectivity index (χ2n) is 6.84. The van der Waals surface area contributed by atoms with Crippen LogP contribution >= 0.6 is 0 Å². The molecule has 2 aromatic carbocycles. The molecular formula is C20H16F3N5O2. The summed E-state index contributed by atoms with van der Waals surface area (Å²) in [4.78, 5) is 24.4. The molecule has 4 rings (SSSR count). The number of hydrogen-bond donors (Lipinski definition) is 2. The molecule has 0 spiro atoms. The van der Waals surface area contributed by atoms with Crippen molar-refractivity contribution in [3.8, 4) is 5.69 Å².